The van der Waals surface area contributed by atoms with Crippen LogP contribution in [-0.4, -0.2) is 21.4 Å². The number of benzene rings is 1. The highest BCUT2D eigenvalue weighted by Crippen LogP contribution is 2.28. The molecule has 16 heavy (non-hydrogen) atoms. The second-order valence-corrected chi connectivity index (χ2v) is 7.15. The number of rotatable bonds is 3. The van der Waals surface area contributed by atoms with Crippen molar-refractivity contribution in [2.75, 3.05) is 0 Å². The lowest BCUT2D eigenvalue weighted by molar-refractivity contribution is -0.118. The van der Waals surface area contributed by atoms with Gasteiger partial charge in [-0.25, -0.2) is 0 Å². The van der Waals surface area contributed by atoms with Crippen LogP contribution >= 0.6 is 45.2 Å². The maximum atomic E-state index is 10.2. The van der Waals surface area contributed by atoms with Crippen LogP contribution < -0.4 is 0 Å². The predicted molar refractivity (Wildman–Crippen MR) is 82.5 cm³/mol. The van der Waals surface area contributed by atoms with Crippen molar-refractivity contribution in [1.82, 2.24) is 0 Å². The molecule has 1 rings (SSSR count). The smallest absolute Gasteiger partial charge is 0.0940 e. The fraction of sp³-hybridized carbons (Fsp3) is 0.500. The average molecular weight is 446 g/mol. The Morgan fingerprint density at radius 1 is 1.12 bits per heavy atom. The third-order valence-electron chi connectivity index (χ3n) is 2.87. The highest BCUT2D eigenvalue weighted by atomic mass is 127. The van der Waals surface area contributed by atoms with Crippen LogP contribution in [0.15, 0.2) is 18.2 Å². The van der Waals surface area contributed by atoms with Gasteiger partial charge in [0, 0.05) is 13.6 Å². The zero-order valence-electron chi connectivity index (χ0n) is 9.59. The minimum atomic E-state index is -1.13. The Morgan fingerprint density at radius 3 is 2.12 bits per heavy atom. The van der Waals surface area contributed by atoms with Crippen LogP contribution in [0, 0.1) is 7.14 Å². The van der Waals surface area contributed by atoms with Gasteiger partial charge >= 0.3 is 0 Å². The minimum Gasteiger partial charge on any atom is -0.387 e. The molecule has 0 spiro atoms. The normalized spacial score (nSPS) is 15.9. The van der Waals surface area contributed by atoms with Crippen LogP contribution in [0.5, 0.6) is 0 Å². The van der Waals surface area contributed by atoms with Gasteiger partial charge in [0.2, 0.25) is 0 Å². The monoisotopic (exact) mass is 446 g/mol. The molecule has 0 radical (unpaired) electrons. The van der Waals surface area contributed by atoms with Crippen molar-refractivity contribution >= 4 is 45.2 Å². The van der Waals surface area contributed by atoms with Crippen molar-refractivity contribution < 1.29 is 10.2 Å². The summed E-state index contributed by atoms with van der Waals surface area (Å²) in [5.74, 6) is 0. The van der Waals surface area contributed by atoms with E-state index in [0.717, 1.165) is 9.13 Å². The molecule has 90 valence electrons. The summed E-state index contributed by atoms with van der Waals surface area (Å²) in [6, 6.07) is 6.08. The van der Waals surface area contributed by atoms with Crippen LogP contribution in [0.3, 0.4) is 0 Å². The number of halogens is 2. The first-order valence-corrected chi connectivity index (χ1v) is 7.18. The van der Waals surface area contributed by atoms with E-state index in [1.54, 1.807) is 20.8 Å². The maximum absolute atomic E-state index is 10.2. The molecule has 0 aliphatic rings. The topological polar surface area (TPSA) is 40.5 Å². The van der Waals surface area contributed by atoms with Gasteiger partial charge in [-0.05, 0) is 83.6 Å². The van der Waals surface area contributed by atoms with E-state index in [9.17, 15) is 10.2 Å². The van der Waals surface area contributed by atoms with Crippen molar-refractivity contribution in [1.29, 1.82) is 0 Å². The zero-order chi connectivity index (χ0) is 12.6. The molecule has 0 aliphatic carbocycles. The van der Waals surface area contributed by atoms with Crippen LogP contribution in [0.1, 0.15) is 26.3 Å². The highest BCUT2D eigenvalue weighted by Gasteiger charge is 2.37. The molecule has 0 aliphatic heterocycles. The molecule has 2 nitrogen and oxygen atoms in total. The van der Waals surface area contributed by atoms with E-state index in [-0.39, 0.29) is 0 Å². The van der Waals surface area contributed by atoms with Crippen molar-refractivity contribution in [2.24, 2.45) is 0 Å². The quantitative estimate of drug-likeness (QED) is 0.702. The minimum absolute atomic E-state index is 0.450. The van der Waals surface area contributed by atoms with E-state index in [2.05, 4.69) is 51.2 Å². The Kier molecular flexibility index (Phi) is 4.65. The third-order valence-corrected chi connectivity index (χ3v) is 4.54. The molecule has 0 heterocycles. The van der Waals surface area contributed by atoms with Crippen LogP contribution in [0.4, 0.5) is 0 Å². The summed E-state index contributed by atoms with van der Waals surface area (Å²) in [6.45, 7) is 4.93. The first-order valence-electron chi connectivity index (χ1n) is 5.02. The molecule has 0 aromatic heterocycles. The first-order chi connectivity index (χ1) is 7.13. The predicted octanol–water partition coefficient (Wildman–Crippen LogP) is 2.96. The van der Waals surface area contributed by atoms with Crippen LogP contribution in [-0.2, 0) is 6.42 Å². The Bertz CT molecular complexity index is 381. The Labute approximate surface area is 124 Å². The number of aliphatic hydroxyl groups is 2. The third kappa shape index (κ3) is 3.54. The molecule has 1 aromatic rings. The summed E-state index contributed by atoms with van der Waals surface area (Å²) >= 11 is 4.52. The molecule has 1 aromatic carbocycles. The summed E-state index contributed by atoms with van der Waals surface area (Å²) in [5, 5.41) is 20.1. The molecule has 0 saturated heterocycles. The van der Waals surface area contributed by atoms with E-state index in [4.69, 9.17) is 0 Å². The van der Waals surface area contributed by atoms with E-state index in [1.807, 2.05) is 12.1 Å². The van der Waals surface area contributed by atoms with E-state index >= 15 is 0 Å². The fourth-order valence-corrected chi connectivity index (χ4v) is 3.05. The lowest BCUT2D eigenvalue weighted by Gasteiger charge is -2.36. The van der Waals surface area contributed by atoms with Crippen molar-refractivity contribution in [3.8, 4) is 0 Å². The molecule has 0 saturated carbocycles. The molecular formula is C12H16I2O2. The van der Waals surface area contributed by atoms with Gasteiger partial charge in [-0.2, -0.15) is 0 Å². The van der Waals surface area contributed by atoms with Gasteiger partial charge in [-0.1, -0.05) is 6.07 Å². The molecule has 0 fully saturated rings. The number of hydrogen-bond donors (Lipinski definition) is 2. The van der Waals surface area contributed by atoms with Gasteiger partial charge in [0.25, 0.3) is 0 Å². The van der Waals surface area contributed by atoms with Gasteiger partial charge in [-0.3, -0.25) is 0 Å². The van der Waals surface area contributed by atoms with E-state index in [0.29, 0.717) is 6.42 Å². The lowest BCUT2D eigenvalue weighted by Crippen LogP contribution is -2.49. The number of hydrogen-bond acceptors (Lipinski definition) is 2. The Balaban J connectivity index is 2.97. The zero-order valence-corrected chi connectivity index (χ0v) is 13.9. The standard InChI is InChI=1S/C12H16I2O2/c1-11(2,15)12(3,16)7-8-4-5-9(13)6-10(8)14/h4-6,15-16H,7H2,1-3H3. The van der Waals surface area contributed by atoms with Crippen LogP contribution in [0.25, 0.3) is 0 Å². The van der Waals surface area contributed by atoms with Gasteiger partial charge in [0.05, 0.1) is 11.2 Å². The maximum Gasteiger partial charge on any atom is 0.0940 e. The van der Waals surface area contributed by atoms with Gasteiger partial charge in [-0.15, -0.1) is 0 Å². The van der Waals surface area contributed by atoms with Gasteiger partial charge < -0.3 is 10.2 Å². The summed E-state index contributed by atoms with van der Waals surface area (Å²) in [5.41, 5.74) is -1.17. The van der Waals surface area contributed by atoms with Crippen molar-refractivity contribution in [3.05, 3.63) is 30.9 Å². The van der Waals surface area contributed by atoms with Gasteiger partial charge in [0.1, 0.15) is 0 Å². The molecular weight excluding hydrogens is 430 g/mol. The second-order valence-electron chi connectivity index (χ2n) is 4.75. The Hall–Kier alpha value is 0.600. The summed E-state index contributed by atoms with van der Waals surface area (Å²) < 4.78 is 2.29. The SMILES string of the molecule is CC(C)(O)C(C)(O)Cc1ccc(I)cc1I. The van der Waals surface area contributed by atoms with Crippen LogP contribution in [0.2, 0.25) is 0 Å². The molecule has 1 atom stereocenters. The van der Waals surface area contributed by atoms with E-state index < -0.39 is 11.2 Å². The molecule has 0 amide bonds. The highest BCUT2D eigenvalue weighted by molar-refractivity contribution is 14.1. The fourth-order valence-electron chi connectivity index (χ4n) is 1.25. The molecule has 1 unspecified atom stereocenters. The van der Waals surface area contributed by atoms with Crippen molar-refractivity contribution in [3.63, 3.8) is 0 Å². The van der Waals surface area contributed by atoms with Gasteiger partial charge in [0.15, 0.2) is 0 Å². The Morgan fingerprint density at radius 2 is 1.69 bits per heavy atom. The second kappa shape index (κ2) is 5.07. The molecule has 4 heteroatoms. The van der Waals surface area contributed by atoms with E-state index in [1.165, 1.54) is 3.57 Å². The first kappa shape index (κ1) is 14.7. The average Bonchev–Trinajstić information content (AvgIpc) is 2.08. The summed E-state index contributed by atoms with van der Waals surface area (Å²) in [6.07, 6.45) is 0.450. The summed E-state index contributed by atoms with van der Waals surface area (Å²) in [4.78, 5) is 0. The lowest BCUT2D eigenvalue weighted by atomic mass is 9.82. The molecule has 0 bridgehead atoms. The summed E-state index contributed by atoms with van der Waals surface area (Å²) in [7, 11) is 0. The molecule has 2 N–H and O–H groups in total. The largest absolute Gasteiger partial charge is 0.387 e. The van der Waals surface area contributed by atoms with Crippen molar-refractivity contribution in [2.45, 2.75) is 38.4 Å².